The molecule has 6 nitrogen and oxygen atoms in total. The van der Waals surface area contributed by atoms with Crippen molar-refractivity contribution >= 4 is 0 Å². The van der Waals surface area contributed by atoms with Gasteiger partial charge in [-0.3, -0.25) is 14.3 Å². The zero-order chi connectivity index (χ0) is 14.0. The van der Waals surface area contributed by atoms with Gasteiger partial charge in [0.1, 0.15) is 5.60 Å². The Balaban J connectivity index is 2.37. The number of allylic oxidation sites excluding steroid dienone is 1. The molecule has 2 N–H and O–H groups in total. The molecule has 2 rings (SSSR count). The number of nitrogens with one attached hydrogen (secondary N) is 1. The van der Waals surface area contributed by atoms with Gasteiger partial charge in [0.25, 0.3) is 5.56 Å². The molecule has 1 aromatic heterocycles. The summed E-state index contributed by atoms with van der Waals surface area (Å²) in [6, 6.07) is 0. The molecule has 19 heavy (non-hydrogen) atoms. The van der Waals surface area contributed by atoms with Gasteiger partial charge in [-0.25, -0.2) is 4.79 Å². The third-order valence-corrected chi connectivity index (χ3v) is 3.00. The predicted molar refractivity (Wildman–Crippen MR) is 70.0 cm³/mol. The summed E-state index contributed by atoms with van der Waals surface area (Å²) in [5, 5.41) is 9.41. The SMILES string of the molecule is C/C=C\[C@@]1(CO)C=C[C@H](n2cc(C)c(=O)[nH]c2=O)O1. The Morgan fingerprint density at radius 3 is 2.95 bits per heavy atom. The van der Waals surface area contributed by atoms with Gasteiger partial charge in [-0.2, -0.15) is 0 Å². The summed E-state index contributed by atoms with van der Waals surface area (Å²) < 4.78 is 6.98. The summed E-state index contributed by atoms with van der Waals surface area (Å²) in [7, 11) is 0. The second-order valence-corrected chi connectivity index (χ2v) is 4.46. The molecule has 1 aliphatic rings. The Morgan fingerprint density at radius 1 is 1.58 bits per heavy atom. The second-order valence-electron chi connectivity index (χ2n) is 4.46. The van der Waals surface area contributed by atoms with Gasteiger partial charge in [-0.15, -0.1) is 0 Å². The molecule has 6 heteroatoms. The minimum absolute atomic E-state index is 0.221. The van der Waals surface area contributed by atoms with Gasteiger partial charge in [-0.1, -0.05) is 12.2 Å². The second kappa shape index (κ2) is 4.99. The molecule has 0 saturated carbocycles. The fraction of sp³-hybridized carbons (Fsp3) is 0.385. The molecule has 0 aromatic carbocycles. The number of hydrogen-bond acceptors (Lipinski definition) is 4. The molecular formula is C13H16N2O4. The number of H-pyrrole nitrogens is 1. The Bertz CT molecular complexity index is 641. The summed E-state index contributed by atoms with van der Waals surface area (Å²) in [5.41, 5.74) is -1.45. The first-order chi connectivity index (χ1) is 9.01. The highest BCUT2D eigenvalue weighted by atomic mass is 16.5. The Labute approximate surface area is 109 Å². The van der Waals surface area contributed by atoms with Crippen LogP contribution in [-0.2, 0) is 4.74 Å². The van der Waals surface area contributed by atoms with E-state index in [0.717, 1.165) is 0 Å². The largest absolute Gasteiger partial charge is 0.393 e. The Kier molecular flexibility index (Phi) is 3.55. The van der Waals surface area contributed by atoms with E-state index >= 15 is 0 Å². The number of aliphatic hydroxyl groups is 1. The molecule has 0 spiro atoms. The minimum Gasteiger partial charge on any atom is -0.393 e. The summed E-state index contributed by atoms with van der Waals surface area (Å²) in [5.74, 6) is 0. The molecule has 1 aliphatic heterocycles. The minimum atomic E-state index is -0.914. The summed E-state index contributed by atoms with van der Waals surface area (Å²) in [6.45, 7) is 3.21. The van der Waals surface area contributed by atoms with Crippen molar-refractivity contribution in [3.8, 4) is 0 Å². The van der Waals surface area contributed by atoms with E-state index in [9.17, 15) is 14.7 Å². The fourth-order valence-electron chi connectivity index (χ4n) is 1.99. The van der Waals surface area contributed by atoms with Crippen LogP contribution in [0.3, 0.4) is 0 Å². The molecule has 0 radical (unpaired) electrons. The van der Waals surface area contributed by atoms with Crippen LogP contribution in [0.25, 0.3) is 0 Å². The topological polar surface area (TPSA) is 84.3 Å². The third kappa shape index (κ3) is 2.45. The van der Waals surface area contributed by atoms with Crippen LogP contribution in [0.5, 0.6) is 0 Å². The van der Waals surface area contributed by atoms with E-state index in [4.69, 9.17) is 4.74 Å². The van der Waals surface area contributed by atoms with Gasteiger partial charge < -0.3 is 9.84 Å². The van der Waals surface area contributed by atoms with E-state index in [2.05, 4.69) is 4.98 Å². The zero-order valence-corrected chi connectivity index (χ0v) is 10.8. The molecule has 2 heterocycles. The van der Waals surface area contributed by atoms with Gasteiger partial charge in [0, 0.05) is 11.8 Å². The number of hydrogen-bond donors (Lipinski definition) is 2. The third-order valence-electron chi connectivity index (χ3n) is 3.00. The first-order valence-electron chi connectivity index (χ1n) is 5.95. The molecule has 102 valence electrons. The van der Waals surface area contributed by atoms with E-state index < -0.39 is 23.1 Å². The van der Waals surface area contributed by atoms with Gasteiger partial charge in [0.15, 0.2) is 6.23 Å². The van der Waals surface area contributed by atoms with Crippen molar-refractivity contribution < 1.29 is 9.84 Å². The highest BCUT2D eigenvalue weighted by Gasteiger charge is 2.33. The number of aliphatic hydroxyl groups excluding tert-OH is 1. The fourth-order valence-corrected chi connectivity index (χ4v) is 1.99. The van der Waals surface area contributed by atoms with Crippen molar-refractivity contribution in [3.05, 3.63) is 56.9 Å². The van der Waals surface area contributed by atoms with Crippen molar-refractivity contribution in [1.29, 1.82) is 0 Å². The number of ether oxygens (including phenoxy) is 1. The highest BCUT2D eigenvalue weighted by Crippen LogP contribution is 2.29. The summed E-state index contributed by atoms with van der Waals surface area (Å²) in [4.78, 5) is 25.3. The molecular weight excluding hydrogens is 248 g/mol. The van der Waals surface area contributed by atoms with Gasteiger partial charge in [-0.05, 0) is 26.0 Å². The first kappa shape index (κ1) is 13.5. The van der Waals surface area contributed by atoms with Crippen molar-refractivity contribution in [2.24, 2.45) is 0 Å². The lowest BCUT2D eigenvalue weighted by Crippen LogP contribution is -2.36. The molecule has 0 aliphatic carbocycles. The smallest absolute Gasteiger partial charge is 0.330 e. The van der Waals surface area contributed by atoms with Crippen LogP contribution in [0.4, 0.5) is 0 Å². The van der Waals surface area contributed by atoms with Crippen LogP contribution >= 0.6 is 0 Å². The van der Waals surface area contributed by atoms with Gasteiger partial charge >= 0.3 is 5.69 Å². The van der Waals surface area contributed by atoms with Crippen LogP contribution in [0.1, 0.15) is 18.7 Å². The van der Waals surface area contributed by atoms with E-state index in [-0.39, 0.29) is 6.61 Å². The zero-order valence-electron chi connectivity index (χ0n) is 10.8. The average Bonchev–Trinajstić information content (AvgIpc) is 2.79. The maximum absolute atomic E-state index is 11.7. The van der Waals surface area contributed by atoms with Gasteiger partial charge in [0.2, 0.25) is 0 Å². The number of aromatic amines is 1. The van der Waals surface area contributed by atoms with E-state index in [1.807, 2.05) is 6.92 Å². The maximum Gasteiger partial charge on any atom is 0.330 e. The summed E-state index contributed by atoms with van der Waals surface area (Å²) >= 11 is 0. The van der Waals surface area contributed by atoms with Crippen LogP contribution < -0.4 is 11.2 Å². The number of nitrogens with zero attached hydrogens (tertiary/aromatic N) is 1. The van der Waals surface area contributed by atoms with Crippen molar-refractivity contribution in [2.45, 2.75) is 25.7 Å². The van der Waals surface area contributed by atoms with E-state index in [1.54, 1.807) is 31.2 Å². The molecule has 0 fully saturated rings. The van der Waals surface area contributed by atoms with Crippen LogP contribution in [0.15, 0.2) is 40.1 Å². The lowest BCUT2D eigenvalue weighted by Gasteiger charge is -2.24. The average molecular weight is 264 g/mol. The van der Waals surface area contributed by atoms with Crippen LogP contribution in [-0.4, -0.2) is 26.9 Å². The van der Waals surface area contributed by atoms with Crippen molar-refractivity contribution in [2.75, 3.05) is 6.61 Å². The highest BCUT2D eigenvalue weighted by molar-refractivity contribution is 5.20. The normalized spacial score (nSPS) is 26.4. The monoisotopic (exact) mass is 264 g/mol. The van der Waals surface area contributed by atoms with E-state index in [0.29, 0.717) is 5.56 Å². The lowest BCUT2D eigenvalue weighted by molar-refractivity contribution is -0.0560. The van der Waals surface area contributed by atoms with Crippen LogP contribution in [0, 0.1) is 6.92 Å². The van der Waals surface area contributed by atoms with Crippen molar-refractivity contribution in [3.63, 3.8) is 0 Å². The molecule has 0 unspecified atom stereocenters. The summed E-state index contributed by atoms with van der Waals surface area (Å²) in [6.07, 6.45) is 7.65. The van der Waals surface area contributed by atoms with E-state index in [1.165, 1.54) is 10.8 Å². The maximum atomic E-state index is 11.7. The van der Waals surface area contributed by atoms with Crippen molar-refractivity contribution in [1.82, 2.24) is 9.55 Å². The molecule has 0 saturated heterocycles. The van der Waals surface area contributed by atoms with Crippen LogP contribution in [0.2, 0.25) is 0 Å². The molecule has 2 atom stereocenters. The Hall–Kier alpha value is -1.92. The number of aryl methyl sites for hydroxylation is 1. The van der Waals surface area contributed by atoms with Gasteiger partial charge in [0.05, 0.1) is 6.61 Å². The lowest BCUT2D eigenvalue weighted by atomic mass is 10.1. The Morgan fingerprint density at radius 2 is 2.32 bits per heavy atom. The molecule has 1 aromatic rings. The quantitative estimate of drug-likeness (QED) is 0.766. The standard InChI is InChI=1S/C13H16N2O4/c1-3-5-13(8-16)6-4-10(19-13)15-7-9(2)11(17)14-12(15)18/h3-7,10,16H,8H2,1-2H3,(H,14,17,18)/b5-3-/t10-,13+/m1/s1. The molecule has 0 amide bonds. The number of rotatable bonds is 3. The predicted octanol–water partition coefficient (Wildman–Crippen LogP) is 0.237. The number of aromatic nitrogens is 2. The molecule has 0 bridgehead atoms. The first-order valence-corrected chi connectivity index (χ1v) is 5.95.